The lowest BCUT2D eigenvalue weighted by atomic mass is 10.2. The molecule has 0 radical (unpaired) electrons. The zero-order valence-electron chi connectivity index (χ0n) is 8.68. The molecular weight excluding hydrogens is 164 g/mol. The molecule has 1 aliphatic heterocycles. The number of hydrogen-bond donors (Lipinski definition) is 1. The van der Waals surface area contributed by atoms with Crippen LogP contribution in [0, 0.1) is 5.41 Å². The number of hydrogen-bond acceptors (Lipinski definition) is 2. The molecule has 0 bridgehead atoms. The highest BCUT2D eigenvalue weighted by Crippen LogP contribution is 2.13. The zero-order valence-corrected chi connectivity index (χ0v) is 8.68. The highest BCUT2D eigenvalue weighted by Gasteiger charge is 2.18. The van der Waals surface area contributed by atoms with E-state index >= 15 is 0 Å². The Kier molecular flexibility index (Phi) is 4.22. The van der Waals surface area contributed by atoms with Crippen LogP contribution in [0.2, 0.25) is 0 Å². The van der Waals surface area contributed by atoms with Crippen LogP contribution in [-0.4, -0.2) is 37.0 Å². The van der Waals surface area contributed by atoms with Gasteiger partial charge in [-0.3, -0.25) is 5.41 Å². The van der Waals surface area contributed by atoms with Gasteiger partial charge in [-0.05, 0) is 19.3 Å². The quantitative estimate of drug-likeness (QED) is 0.535. The van der Waals surface area contributed by atoms with Gasteiger partial charge in [0, 0.05) is 26.6 Å². The van der Waals surface area contributed by atoms with Crippen LogP contribution in [0.5, 0.6) is 0 Å². The Morgan fingerprint density at radius 2 is 2.38 bits per heavy atom. The Labute approximate surface area is 80.6 Å². The van der Waals surface area contributed by atoms with Crippen LogP contribution in [0.1, 0.15) is 32.6 Å². The van der Waals surface area contributed by atoms with Crippen molar-refractivity contribution in [3.05, 3.63) is 0 Å². The van der Waals surface area contributed by atoms with Gasteiger partial charge in [-0.15, -0.1) is 0 Å². The standard InChI is InChI=1S/C10H20N2O/c1-3-5-10(11)12(2)8-9-6-4-7-13-9/h9,11H,3-8H2,1-2H3. The number of ether oxygens (including phenoxy) is 1. The first kappa shape index (κ1) is 10.5. The Balaban J connectivity index is 2.22. The number of nitrogens with zero attached hydrogens (tertiary/aromatic N) is 1. The Morgan fingerprint density at radius 3 is 2.92 bits per heavy atom. The Bertz CT molecular complexity index is 164. The van der Waals surface area contributed by atoms with Gasteiger partial charge in [0.1, 0.15) is 0 Å². The van der Waals surface area contributed by atoms with Crippen LogP contribution in [0.25, 0.3) is 0 Å². The van der Waals surface area contributed by atoms with Crippen molar-refractivity contribution in [1.82, 2.24) is 4.90 Å². The monoisotopic (exact) mass is 184 g/mol. The van der Waals surface area contributed by atoms with E-state index in [-0.39, 0.29) is 0 Å². The van der Waals surface area contributed by atoms with E-state index in [2.05, 4.69) is 6.92 Å². The van der Waals surface area contributed by atoms with E-state index in [0.29, 0.717) is 6.10 Å². The number of rotatable bonds is 4. The molecule has 3 heteroatoms. The molecule has 1 saturated heterocycles. The van der Waals surface area contributed by atoms with Gasteiger partial charge in [-0.25, -0.2) is 0 Å². The van der Waals surface area contributed by atoms with Gasteiger partial charge in [0.25, 0.3) is 0 Å². The van der Waals surface area contributed by atoms with Crippen molar-refractivity contribution in [3.8, 4) is 0 Å². The van der Waals surface area contributed by atoms with Gasteiger partial charge in [-0.2, -0.15) is 0 Å². The van der Waals surface area contributed by atoms with E-state index in [1.807, 2.05) is 11.9 Å². The highest BCUT2D eigenvalue weighted by atomic mass is 16.5. The molecule has 0 aromatic heterocycles. The van der Waals surface area contributed by atoms with Crippen molar-refractivity contribution < 1.29 is 4.74 Å². The molecule has 1 unspecified atom stereocenters. The third-order valence-electron chi connectivity index (χ3n) is 2.45. The van der Waals surface area contributed by atoms with Crippen molar-refractivity contribution in [3.63, 3.8) is 0 Å². The van der Waals surface area contributed by atoms with Gasteiger partial charge in [0.05, 0.1) is 11.9 Å². The second-order valence-corrected chi connectivity index (χ2v) is 3.71. The van der Waals surface area contributed by atoms with Crippen molar-refractivity contribution in [2.45, 2.75) is 38.7 Å². The lowest BCUT2D eigenvalue weighted by molar-refractivity contribution is 0.0953. The van der Waals surface area contributed by atoms with Crippen molar-refractivity contribution >= 4 is 5.84 Å². The van der Waals surface area contributed by atoms with E-state index in [1.54, 1.807) is 0 Å². The summed E-state index contributed by atoms with van der Waals surface area (Å²) in [5, 5.41) is 7.73. The van der Waals surface area contributed by atoms with E-state index in [9.17, 15) is 0 Å². The average molecular weight is 184 g/mol. The molecule has 1 fully saturated rings. The average Bonchev–Trinajstić information content (AvgIpc) is 2.57. The molecule has 0 aliphatic carbocycles. The van der Waals surface area contributed by atoms with Gasteiger partial charge >= 0.3 is 0 Å². The Hall–Kier alpha value is -0.570. The summed E-state index contributed by atoms with van der Waals surface area (Å²) in [5.41, 5.74) is 0. The molecule has 1 N–H and O–H groups in total. The summed E-state index contributed by atoms with van der Waals surface area (Å²) in [6.45, 7) is 3.90. The lowest BCUT2D eigenvalue weighted by Crippen LogP contribution is -2.33. The van der Waals surface area contributed by atoms with Gasteiger partial charge in [0.2, 0.25) is 0 Å². The molecule has 1 aliphatic rings. The molecule has 13 heavy (non-hydrogen) atoms. The maximum Gasteiger partial charge on any atom is 0.0955 e. The summed E-state index contributed by atoms with van der Waals surface area (Å²) >= 11 is 0. The molecule has 1 atom stereocenters. The fourth-order valence-electron chi connectivity index (χ4n) is 1.63. The largest absolute Gasteiger partial charge is 0.376 e. The van der Waals surface area contributed by atoms with E-state index in [4.69, 9.17) is 10.1 Å². The first-order valence-electron chi connectivity index (χ1n) is 5.14. The maximum atomic E-state index is 7.73. The summed E-state index contributed by atoms with van der Waals surface area (Å²) in [5.74, 6) is 0.734. The van der Waals surface area contributed by atoms with Crippen molar-refractivity contribution in [2.75, 3.05) is 20.2 Å². The van der Waals surface area contributed by atoms with E-state index in [0.717, 1.165) is 38.2 Å². The fraction of sp³-hybridized carbons (Fsp3) is 0.900. The van der Waals surface area contributed by atoms with Crippen molar-refractivity contribution in [1.29, 1.82) is 5.41 Å². The summed E-state index contributed by atoms with van der Waals surface area (Å²) in [6, 6.07) is 0. The SMILES string of the molecule is CCCC(=N)N(C)CC1CCCO1. The summed E-state index contributed by atoms with van der Waals surface area (Å²) in [4.78, 5) is 2.01. The highest BCUT2D eigenvalue weighted by molar-refractivity contribution is 5.78. The molecule has 76 valence electrons. The molecule has 0 amide bonds. The fourth-order valence-corrected chi connectivity index (χ4v) is 1.63. The molecule has 1 heterocycles. The van der Waals surface area contributed by atoms with Crippen LogP contribution in [-0.2, 0) is 4.74 Å². The molecule has 0 aromatic carbocycles. The first-order chi connectivity index (χ1) is 6.24. The van der Waals surface area contributed by atoms with Gasteiger partial charge in [0.15, 0.2) is 0 Å². The number of amidine groups is 1. The van der Waals surface area contributed by atoms with Crippen LogP contribution in [0.3, 0.4) is 0 Å². The minimum atomic E-state index is 0.363. The van der Waals surface area contributed by atoms with Crippen LogP contribution >= 0.6 is 0 Å². The van der Waals surface area contributed by atoms with Gasteiger partial charge in [-0.1, -0.05) is 6.92 Å². The molecule has 0 spiro atoms. The predicted molar refractivity (Wildman–Crippen MR) is 54.2 cm³/mol. The second kappa shape index (κ2) is 5.22. The van der Waals surface area contributed by atoms with E-state index in [1.165, 1.54) is 6.42 Å². The molecule has 1 rings (SSSR count). The molecule has 0 aromatic rings. The van der Waals surface area contributed by atoms with Crippen LogP contribution in [0.15, 0.2) is 0 Å². The normalized spacial score (nSPS) is 21.8. The zero-order chi connectivity index (χ0) is 9.68. The predicted octanol–water partition coefficient (Wildman–Crippen LogP) is 1.87. The summed E-state index contributed by atoms with van der Waals surface area (Å²) < 4.78 is 5.51. The Morgan fingerprint density at radius 1 is 1.62 bits per heavy atom. The topological polar surface area (TPSA) is 36.3 Å². The minimum absolute atomic E-state index is 0.363. The van der Waals surface area contributed by atoms with Crippen molar-refractivity contribution in [2.24, 2.45) is 0 Å². The first-order valence-corrected chi connectivity index (χ1v) is 5.14. The third-order valence-corrected chi connectivity index (χ3v) is 2.45. The smallest absolute Gasteiger partial charge is 0.0955 e. The number of nitrogens with one attached hydrogen (secondary N) is 1. The third kappa shape index (κ3) is 3.35. The molecular formula is C10H20N2O. The molecule has 3 nitrogen and oxygen atoms in total. The van der Waals surface area contributed by atoms with E-state index < -0.39 is 0 Å². The van der Waals surface area contributed by atoms with Crippen LogP contribution in [0.4, 0.5) is 0 Å². The number of likely N-dealkylation sites (N-methyl/N-ethyl adjacent to an activating group) is 1. The molecule has 0 saturated carbocycles. The summed E-state index contributed by atoms with van der Waals surface area (Å²) in [7, 11) is 1.99. The van der Waals surface area contributed by atoms with Gasteiger partial charge < -0.3 is 9.64 Å². The lowest BCUT2D eigenvalue weighted by Gasteiger charge is -2.22. The summed E-state index contributed by atoms with van der Waals surface area (Å²) in [6.07, 6.45) is 4.63. The van der Waals surface area contributed by atoms with Crippen LogP contribution < -0.4 is 0 Å². The minimum Gasteiger partial charge on any atom is -0.376 e. The maximum absolute atomic E-state index is 7.73. The second-order valence-electron chi connectivity index (χ2n) is 3.71.